The molecule has 3 aromatic rings. The van der Waals surface area contributed by atoms with Gasteiger partial charge in [0.25, 0.3) is 0 Å². The molecule has 5 rings (SSSR count). The molecule has 1 atom stereocenters. The lowest BCUT2D eigenvalue weighted by Gasteiger charge is -2.25. The van der Waals surface area contributed by atoms with Crippen LogP contribution in [0.5, 0.6) is 0 Å². The van der Waals surface area contributed by atoms with Crippen molar-refractivity contribution in [1.29, 1.82) is 0 Å². The molecule has 6 heteroatoms. The Hall–Kier alpha value is -1.41. The van der Waals surface area contributed by atoms with Crippen LogP contribution >= 0.6 is 33.9 Å². The van der Waals surface area contributed by atoms with Crippen molar-refractivity contribution in [3.05, 3.63) is 44.2 Å². The van der Waals surface area contributed by atoms with Gasteiger partial charge in [-0.05, 0) is 72.5 Å². The van der Waals surface area contributed by atoms with E-state index in [2.05, 4.69) is 69.2 Å². The van der Waals surface area contributed by atoms with Crippen LogP contribution in [0.2, 0.25) is 0 Å². The molecule has 0 bridgehead atoms. The van der Waals surface area contributed by atoms with E-state index < -0.39 is 0 Å². The van der Waals surface area contributed by atoms with Crippen molar-refractivity contribution < 1.29 is 0 Å². The van der Waals surface area contributed by atoms with Gasteiger partial charge in [0.1, 0.15) is 5.82 Å². The predicted molar refractivity (Wildman–Crippen MR) is 122 cm³/mol. The first kappa shape index (κ1) is 17.7. The predicted octanol–water partition coefficient (Wildman–Crippen LogP) is 5.99. The number of halogens is 1. The fourth-order valence-corrected chi connectivity index (χ4v) is 6.20. The number of rotatable bonds is 4. The van der Waals surface area contributed by atoms with E-state index in [1.807, 2.05) is 11.3 Å². The quantitative estimate of drug-likeness (QED) is 0.456. The van der Waals surface area contributed by atoms with Crippen LogP contribution in [0.3, 0.4) is 0 Å². The number of para-hydroxylation sites is 1. The largest absolute Gasteiger partial charge is 0.367 e. The summed E-state index contributed by atoms with van der Waals surface area (Å²) in [4.78, 5) is 13.8. The fraction of sp³-hybridized carbons (Fsp3) is 0.429. The number of nitrogens with zero attached hydrogens (tertiary/aromatic N) is 3. The molecule has 140 valence electrons. The highest BCUT2D eigenvalue weighted by atomic mass is 127. The van der Waals surface area contributed by atoms with Crippen LogP contribution in [-0.4, -0.2) is 22.6 Å². The van der Waals surface area contributed by atoms with E-state index in [0.717, 1.165) is 29.2 Å². The number of anilines is 2. The second-order valence-corrected chi connectivity index (χ2v) is 10.5. The molecule has 1 aliphatic heterocycles. The van der Waals surface area contributed by atoms with Crippen molar-refractivity contribution in [2.45, 2.75) is 50.6 Å². The van der Waals surface area contributed by atoms with E-state index in [1.165, 1.54) is 46.3 Å². The lowest BCUT2D eigenvalue weighted by atomic mass is 10.2. The smallest absolute Gasteiger partial charge is 0.228 e. The summed E-state index contributed by atoms with van der Waals surface area (Å²) < 4.78 is 1.34. The number of fused-ring (bicyclic) bond motifs is 1. The summed E-state index contributed by atoms with van der Waals surface area (Å²) in [6, 6.07) is 13.8. The third-order valence-corrected chi connectivity index (χ3v) is 7.71. The maximum atomic E-state index is 5.04. The van der Waals surface area contributed by atoms with E-state index in [-0.39, 0.29) is 0 Å². The first-order chi connectivity index (χ1) is 13.3. The minimum absolute atomic E-state index is 0.402. The Labute approximate surface area is 177 Å². The molecule has 0 amide bonds. The maximum absolute atomic E-state index is 5.04. The zero-order chi connectivity index (χ0) is 18.2. The molecular weight excluding hydrogens is 467 g/mol. The summed E-state index contributed by atoms with van der Waals surface area (Å²) in [5, 5.41) is 4.86. The molecule has 2 aromatic heterocycles. The number of benzene rings is 1. The zero-order valence-electron chi connectivity index (χ0n) is 15.2. The fourth-order valence-electron chi connectivity index (χ4n) is 4.38. The number of hydrogen-bond acceptors (Lipinski definition) is 5. The van der Waals surface area contributed by atoms with Gasteiger partial charge in [0.05, 0.1) is 14.4 Å². The van der Waals surface area contributed by atoms with E-state index >= 15 is 0 Å². The monoisotopic (exact) mass is 490 g/mol. The number of aromatic nitrogens is 2. The molecule has 0 spiro atoms. The lowest BCUT2D eigenvalue weighted by Crippen LogP contribution is -2.25. The van der Waals surface area contributed by atoms with Crippen molar-refractivity contribution in [2.24, 2.45) is 0 Å². The van der Waals surface area contributed by atoms with Crippen molar-refractivity contribution in [3.8, 4) is 0 Å². The van der Waals surface area contributed by atoms with Gasteiger partial charge >= 0.3 is 0 Å². The minimum atomic E-state index is 0.402. The zero-order valence-corrected chi connectivity index (χ0v) is 18.2. The molecule has 1 saturated carbocycles. The molecule has 2 fully saturated rings. The molecule has 1 saturated heterocycles. The first-order valence-electron chi connectivity index (χ1n) is 9.83. The van der Waals surface area contributed by atoms with Crippen molar-refractivity contribution >= 4 is 56.6 Å². The Bertz CT molecular complexity index is 950. The van der Waals surface area contributed by atoms with E-state index in [1.54, 1.807) is 0 Å². The highest BCUT2D eigenvalue weighted by Gasteiger charge is 2.30. The molecule has 4 nitrogen and oxygen atoms in total. The summed E-state index contributed by atoms with van der Waals surface area (Å²) in [6.07, 6.45) is 7.50. The maximum Gasteiger partial charge on any atom is 0.228 e. The van der Waals surface area contributed by atoms with Crippen LogP contribution in [0.4, 0.5) is 11.8 Å². The van der Waals surface area contributed by atoms with Gasteiger partial charge in [0.15, 0.2) is 0 Å². The van der Waals surface area contributed by atoms with E-state index in [0.29, 0.717) is 12.1 Å². The van der Waals surface area contributed by atoms with Crippen LogP contribution in [-0.2, 0) is 0 Å². The Kier molecular flexibility index (Phi) is 4.94. The minimum Gasteiger partial charge on any atom is -0.367 e. The SMILES string of the molecule is Ic1ccc(C2CCCN2c2nc(NC3CCCC3)c3ccccc3n2)s1. The standard InChI is InChI=1S/C21H23IN4S/c22-19-12-11-18(27-19)17-10-5-13-26(17)21-24-16-9-4-3-8-15(16)20(25-21)23-14-6-1-2-7-14/h3-4,8-9,11-12,14,17H,1-2,5-7,10,13H2,(H,23,24,25). The molecule has 1 N–H and O–H groups in total. The van der Waals surface area contributed by atoms with Gasteiger partial charge in [-0.1, -0.05) is 25.0 Å². The van der Waals surface area contributed by atoms with E-state index in [9.17, 15) is 0 Å². The van der Waals surface area contributed by atoms with Gasteiger partial charge in [-0.25, -0.2) is 4.98 Å². The van der Waals surface area contributed by atoms with Crippen molar-refractivity contribution in [1.82, 2.24) is 9.97 Å². The van der Waals surface area contributed by atoms with Gasteiger partial charge in [0.2, 0.25) is 5.95 Å². The van der Waals surface area contributed by atoms with Gasteiger partial charge in [-0.2, -0.15) is 4.98 Å². The third-order valence-electron chi connectivity index (χ3n) is 5.72. The normalized spacial score (nSPS) is 20.6. The highest BCUT2D eigenvalue weighted by molar-refractivity contribution is 14.1. The van der Waals surface area contributed by atoms with Gasteiger partial charge in [-0.3, -0.25) is 0 Å². The summed E-state index contributed by atoms with van der Waals surface area (Å²) in [7, 11) is 0. The number of hydrogen-bond donors (Lipinski definition) is 1. The third kappa shape index (κ3) is 3.53. The summed E-state index contributed by atoms with van der Waals surface area (Å²) >= 11 is 4.30. The molecule has 2 aliphatic rings. The summed E-state index contributed by atoms with van der Waals surface area (Å²) in [5.41, 5.74) is 1.04. The molecule has 1 aliphatic carbocycles. The van der Waals surface area contributed by atoms with Crippen LogP contribution in [0, 0.1) is 2.88 Å². The Morgan fingerprint density at radius 1 is 1.00 bits per heavy atom. The second kappa shape index (κ2) is 7.54. The topological polar surface area (TPSA) is 41.1 Å². The van der Waals surface area contributed by atoms with Gasteiger partial charge < -0.3 is 10.2 Å². The molecule has 1 aromatic carbocycles. The van der Waals surface area contributed by atoms with Crippen molar-refractivity contribution in [2.75, 3.05) is 16.8 Å². The Morgan fingerprint density at radius 2 is 1.85 bits per heavy atom. The number of thiophene rings is 1. The average molecular weight is 490 g/mol. The first-order valence-corrected chi connectivity index (χ1v) is 11.7. The van der Waals surface area contributed by atoms with Crippen LogP contribution in [0.15, 0.2) is 36.4 Å². The average Bonchev–Trinajstić information content (AvgIpc) is 3.43. The van der Waals surface area contributed by atoms with Crippen LogP contribution in [0.1, 0.15) is 49.4 Å². The van der Waals surface area contributed by atoms with Crippen LogP contribution in [0.25, 0.3) is 10.9 Å². The Balaban J connectivity index is 1.54. The molecule has 1 unspecified atom stereocenters. The van der Waals surface area contributed by atoms with Gasteiger partial charge in [-0.15, -0.1) is 11.3 Å². The highest BCUT2D eigenvalue weighted by Crippen LogP contribution is 2.39. The summed E-state index contributed by atoms with van der Waals surface area (Å²) in [5.74, 6) is 1.88. The second-order valence-electron chi connectivity index (χ2n) is 7.51. The van der Waals surface area contributed by atoms with E-state index in [4.69, 9.17) is 9.97 Å². The molecule has 27 heavy (non-hydrogen) atoms. The molecular formula is C21H23IN4S. The summed E-state index contributed by atoms with van der Waals surface area (Å²) in [6.45, 7) is 1.03. The van der Waals surface area contributed by atoms with Gasteiger partial charge in [0, 0.05) is 22.8 Å². The molecule has 3 heterocycles. The van der Waals surface area contributed by atoms with Crippen LogP contribution < -0.4 is 10.2 Å². The number of nitrogens with one attached hydrogen (secondary N) is 1. The lowest BCUT2D eigenvalue weighted by molar-refractivity contribution is 0.713. The van der Waals surface area contributed by atoms with Crippen molar-refractivity contribution in [3.63, 3.8) is 0 Å². The Morgan fingerprint density at radius 3 is 2.67 bits per heavy atom. The molecule has 0 radical (unpaired) electrons.